The Morgan fingerprint density at radius 2 is 1.92 bits per heavy atom. The number of anilines is 2. The Labute approximate surface area is 73.2 Å². The van der Waals surface area contributed by atoms with Gasteiger partial charge in [-0.05, 0) is 31.2 Å². The van der Waals surface area contributed by atoms with E-state index in [4.69, 9.17) is 0 Å². The van der Waals surface area contributed by atoms with E-state index in [0.717, 1.165) is 6.04 Å². The quantitative estimate of drug-likeness (QED) is 0.668. The molecule has 64 valence electrons. The zero-order valence-corrected chi connectivity index (χ0v) is 7.54. The topological polar surface area (TPSA) is 15.0 Å². The van der Waals surface area contributed by atoms with Crippen molar-refractivity contribution < 1.29 is 0 Å². The normalized spacial score (nSPS) is 20.8. The molecule has 2 nitrogen and oxygen atoms in total. The van der Waals surface area contributed by atoms with Crippen molar-refractivity contribution in [2.75, 3.05) is 23.8 Å². The molecule has 0 spiro atoms. The van der Waals surface area contributed by atoms with Gasteiger partial charge in [0.25, 0.3) is 0 Å². The van der Waals surface area contributed by atoms with Crippen LogP contribution in [0, 0.1) is 0 Å². The summed E-state index contributed by atoms with van der Waals surface area (Å²) in [6, 6.07) is 9.29. The van der Waals surface area contributed by atoms with Gasteiger partial charge in [-0.15, -0.1) is 0 Å². The van der Waals surface area contributed by atoms with Gasteiger partial charge in [0.1, 0.15) is 0 Å². The van der Waals surface area contributed by atoms with E-state index in [0.29, 0.717) is 0 Å². The maximum atomic E-state index is 3.11. The summed E-state index contributed by atoms with van der Waals surface area (Å²) < 4.78 is 0. The van der Waals surface area contributed by atoms with E-state index in [1.807, 2.05) is 7.05 Å². The summed E-state index contributed by atoms with van der Waals surface area (Å²) in [6.45, 7) is 3.45. The van der Waals surface area contributed by atoms with Gasteiger partial charge in [-0.1, -0.05) is 0 Å². The summed E-state index contributed by atoms with van der Waals surface area (Å²) in [7, 11) is 1.94. The minimum absolute atomic E-state index is 0.741. The van der Waals surface area contributed by atoms with Crippen molar-refractivity contribution in [3.63, 3.8) is 0 Å². The van der Waals surface area contributed by atoms with E-state index < -0.39 is 0 Å². The molecule has 2 heteroatoms. The van der Waals surface area contributed by atoms with Crippen LogP contribution in [-0.2, 0) is 0 Å². The smallest absolute Gasteiger partial charge is 0.0438 e. The van der Waals surface area contributed by atoms with E-state index in [2.05, 4.69) is 41.4 Å². The lowest BCUT2D eigenvalue weighted by molar-refractivity contribution is 1.14. The third-order valence-electron chi connectivity index (χ3n) is 2.35. The Hall–Kier alpha value is -1.18. The van der Waals surface area contributed by atoms with Gasteiger partial charge < -0.3 is 10.2 Å². The highest BCUT2D eigenvalue weighted by Crippen LogP contribution is 2.27. The second-order valence-electron chi connectivity index (χ2n) is 3.30. The van der Waals surface area contributed by atoms with Crippen molar-refractivity contribution in [2.24, 2.45) is 0 Å². The third-order valence-corrected chi connectivity index (χ3v) is 2.35. The highest BCUT2D eigenvalue weighted by atomic mass is 15.3. The van der Waals surface area contributed by atoms with Crippen molar-refractivity contribution in [3.8, 4) is 0 Å². The lowest BCUT2D eigenvalue weighted by Gasteiger charge is -2.04. The molecule has 0 amide bonds. The second-order valence-corrected chi connectivity index (χ2v) is 3.30. The molecule has 0 radical (unpaired) electrons. The van der Waals surface area contributed by atoms with Gasteiger partial charge in [-0.3, -0.25) is 0 Å². The summed E-state index contributed by atoms with van der Waals surface area (Å²) in [5.74, 6) is 0. The SMILES string of the molecule is CNc1ccc(N2CC2C)cc1. The molecule has 2 rings (SSSR count). The molecule has 0 aliphatic carbocycles. The molecular formula is C10H14N2. The average Bonchev–Trinajstić information content (AvgIpc) is 2.83. The maximum absolute atomic E-state index is 3.11. The predicted molar refractivity (Wildman–Crippen MR) is 52.8 cm³/mol. The Kier molecular flexibility index (Phi) is 1.68. The van der Waals surface area contributed by atoms with Gasteiger partial charge >= 0.3 is 0 Å². The molecule has 12 heavy (non-hydrogen) atoms. The van der Waals surface area contributed by atoms with Crippen molar-refractivity contribution in [3.05, 3.63) is 24.3 Å². The summed E-state index contributed by atoms with van der Waals surface area (Å²) in [4.78, 5) is 2.37. The molecule has 1 unspecified atom stereocenters. The van der Waals surface area contributed by atoms with Gasteiger partial charge in [0.05, 0.1) is 0 Å². The number of rotatable bonds is 2. The number of hydrogen-bond acceptors (Lipinski definition) is 2. The van der Waals surface area contributed by atoms with E-state index >= 15 is 0 Å². The van der Waals surface area contributed by atoms with Gasteiger partial charge in [0.15, 0.2) is 0 Å². The van der Waals surface area contributed by atoms with Crippen LogP contribution in [0.3, 0.4) is 0 Å². The van der Waals surface area contributed by atoms with Crippen LogP contribution in [0.25, 0.3) is 0 Å². The average molecular weight is 162 g/mol. The lowest BCUT2D eigenvalue weighted by Crippen LogP contribution is -1.95. The lowest BCUT2D eigenvalue weighted by atomic mass is 10.3. The largest absolute Gasteiger partial charge is 0.388 e. The van der Waals surface area contributed by atoms with Gasteiger partial charge in [-0.2, -0.15) is 0 Å². The van der Waals surface area contributed by atoms with Gasteiger partial charge in [0, 0.05) is 31.0 Å². The number of benzene rings is 1. The molecule has 1 atom stereocenters. The maximum Gasteiger partial charge on any atom is 0.0438 e. The van der Waals surface area contributed by atoms with E-state index in [1.54, 1.807) is 0 Å². The van der Waals surface area contributed by atoms with E-state index in [-0.39, 0.29) is 0 Å². The highest BCUT2D eigenvalue weighted by Gasteiger charge is 2.28. The minimum atomic E-state index is 0.741. The molecule has 1 saturated heterocycles. The molecule has 0 saturated carbocycles. The fourth-order valence-corrected chi connectivity index (χ4v) is 1.42. The first-order valence-corrected chi connectivity index (χ1v) is 4.35. The standard InChI is InChI=1S/C10H14N2/c1-8-7-12(8)10-5-3-9(11-2)4-6-10/h3-6,8,11H,7H2,1-2H3. The molecule has 0 aromatic heterocycles. The molecule has 1 fully saturated rings. The first-order valence-electron chi connectivity index (χ1n) is 4.35. The molecule has 1 heterocycles. The van der Waals surface area contributed by atoms with Gasteiger partial charge in [-0.25, -0.2) is 0 Å². The van der Waals surface area contributed by atoms with Crippen LogP contribution in [0.2, 0.25) is 0 Å². The fraction of sp³-hybridized carbons (Fsp3) is 0.400. The Balaban J connectivity index is 2.14. The number of hydrogen-bond donors (Lipinski definition) is 1. The van der Waals surface area contributed by atoms with Crippen LogP contribution in [0.15, 0.2) is 24.3 Å². The molecule has 1 aromatic carbocycles. The first kappa shape index (κ1) is 7.47. The van der Waals surface area contributed by atoms with Crippen LogP contribution in [0.1, 0.15) is 6.92 Å². The number of nitrogens with zero attached hydrogens (tertiary/aromatic N) is 1. The second kappa shape index (κ2) is 2.70. The summed E-state index contributed by atoms with van der Waals surface area (Å²) >= 11 is 0. The van der Waals surface area contributed by atoms with Crippen LogP contribution in [-0.4, -0.2) is 19.6 Å². The predicted octanol–water partition coefficient (Wildman–Crippen LogP) is 1.94. The molecule has 0 bridgehead atoms. The van der Waals surface area contributed by atoms with Gasteiger partial charge in [0.2, 0.25) is 0 Å². The number of nitrogens with one attached hydrogen (secondary N) is 1. The Bertz CT molecular complexity index is 266. The van der Waals surface area contributed by atoms with Crippen LogP contribution < -0.4 is 10.2 Å². The molecular weight excluding hydrogens is 148 g/mol. The van der Waals surface area contributed by atoms with Crippen molar-refractivity contribution in [2.45, 2.75) is 13.0 Å². The monoisotopic (exact) mass is 162 g/mol. The third kappa shape index (κ3) is 1.24. The van der Waals surface area contributed by atoms with Crippen molar-refractivity contribution in [1.82, 2.24) is 0 Å². The first-order chi connectivity index (χ1) is 5.81. The minimum Gasteiger partial charge on any atom is -0.388 e. The molecule has 1 aromatic rings. The summed E-state index contributed by atoms with van der Waals surface area (Å²) in [5.41, 5.74) is 2.51. The fourth-order valence-electron chi connectivity index (χ4n) is 1.42. The molecule has 1 aliphatic heterocycles. The highest BCUT2D eigenvalue weighted by molar-refractivity contribution is 5.58. The summed E-state index contributed by atoms with van der Waals surface area (Å²) in [6.07, 6.45) is 0. The molecule has 1 aliphatic rings. The molecule has 1 N–H and O–H groups in total. The zero-order chi connectivity index (χ0) is 8.55. The Morgan fingerprint density at radius 3 is 2.33 bits per heavy atom. The summed E-state index contributed by atoms with van der Waals surface area (Å²) in [5, 5.41) is 3.11. The van der Waals surface area contributed by atoms with Crippen molar-refractivity contribution >= 4 is 11.4 Å². The van der Waals surface area contributed by atoms with Crippen LogP contribution >= 0.6 is 0 Å². The van der Waals surface area contributed by atoms with Crippen LogP contribution in [0.4, 0.5) is 11.4 Å². The van der Waals surface area contributed by atoms with E-state index in [1.165, 1.54) is 17.9 Å². The Morgan fingerprint density at radius 1 is 1.33 bits per heavy atom. The van der Waals surface area contributed by atoms with Crippen molar-refractivity contribution in [1.29, 1.82) is 0 Å². The van der Waals surface area contributed by atoms with Crippen LogP contribution in [0.5, 0.6) is 0 Å². The zero-order valence-electron chi connectivity index (χ0n) is 7.54. The van der Waals surface area contributed by atoms with E-state index in [9.17, 15) is 0 Å².